The van der Waals surface area contributed by atoms with Crippen molar-refractivity contribution in [1.82, 2.24) is 4.31 Å². The number of alkyl halides is 2. The molecule has 2 rings (SSSR count). The fourth-order valence-corrected chi connectivity index (χ4v) is 3.90. The van der Waals surface area contributed by atoms with Gasteiger partial charge in [0.1, 0.15) is 0 Å². The molecule has 0 aromatic carbocycles. The molecule has 0 spiro atoms. The Morgan fingerprint density at radius 1 is 1.18 bits per heavy atom. The molecule has 0 bridgehead atoms. The lowest BCUT2D eigenvalue weighted by Crippen LogP contribution is -2.49. The van der Waals surface area contributed by atoms with Crippen molar-refractivity contribution < 1.29 is 21.8 Å². The van der Waals surface area contributed by atoms with Crippen LogP contribution in [0.15, 0.2) is 0 Å². The molecule has 0 aromatic rings. The van der Waals surface area contributed by atoms with Crippen LogP contribution in [0, 0.1) is 0 Å². The summed E-state index contributed by atoms with van der Waals surface area (Å²) in [6.07, 6.45) is 0.976. The molecule has 0 unspecified atom stereocenters. The van der Waals surface area contributed by atoms with Crippen molar-refractivity contribution in [1.29, 1.82) is 0 Å². The van der Waals surface area contributed by atoms with E-state index in [1.165, 1.54) is 0 Å². The van der Waals surface area contributed by atoms with E-state index in [9.17, 15) is 21.8 Å². The zero-order valence-corrected chi connectivity index (χ0v) is 10.5. The minimum atomic E-state index is -4.31. The maximum atomic E-state index is 13.0. The van der Waals surface area contributed by atoms with Crippen LogP contribution in [0.3, 0.4) is 0 Å². The van der Waals surface area contributed by atoms with Gasteiger partial charge < -0.3 is 0 Å². The highest BCUT2D eigenvalue weighted by molar-refractivity contribution is 7.83. The molecular weight excluding hydrogens is 252 g/mol. The van der Waals surface area contributed by atoms with Gasteiger partial charge in [0, 0.05) is 24.4 Å². The summed E-state index contributed by atoms with van der Waals surface area (Å²) >= 11 is 0. The van der Waals surface area contributed by atoms with Gasteiger partial charge in [0.05, 0.1) is 0 Å². The lowest BCUT2D eigenvalue weighted by molar-refractivity contribution is -0.0502. The summed E-state index contributed by atoms with van der Waals surface area (Å²) in [7, 11) is -4.31. The summed E-state index contributed by atoms with van der Waals surface area (Å²) in [6.45, 7) is 1.74. The van der Waals surface area contributed by atoms with Gasteiger partial charge in [-0.25, -0.2) is 8.78 Å². The van der Waals surface area contributed by atoms with Crippen LogP contribution in [-0.4, -0.2) is 34.8 Å². The Labute approximate surface area is 99.9 Å². The molecule has 2 aliphatic carbocycles. The Kier molecular flexibility index (Phi) is 2.99. The first kappa shape index (κ1) is 13.2. The highest BCUT2D eigenvalue weighted by Crippen LogP contribution is 2.47. The molecule has 0 atom stereocenters. The lowest BCUT2D eigenvalue weighted by atomic mass is 9.91. The van der Waals surface area contributed by atoms with Crippen molar-refractivity contribution in [3.8, 4) is 0 Å². The van der Waals surface area contributed by atoms with E-state index in [0.29, 0.717) is 12.8 Å². The lowest BCUT2D eigenvalue weighted by Gasteiger charge is -2.37. The molecule has 2 fully saturated rings. The third-order valence-electron chi connectivity index (χ3n) is 3.77. The van der Waals surface area contributed by atoms with E-state index < -0.39 is 27.8 Å². The predicted molar refractivity (Wildman–Crippen MR) is 58.2 cm³/mol. The zero-order valence-electron chi connectivity index (χ0n) is 9.70. The van der Waals surface area contributed by atoms with E-state index in [1.807, 2.05) is 0 Å². The fraction of sp³-hybridized carbons (Fsp3) is 1.00. The van der Waals surface area contributed by atoms with Crippen molar-refractivity contribution in [3.05, 3.63) is 0 Å². The molecule has 1 N–H and O–H groups in total. The van der Waals surface area contributed by atoms with Gasteiger partial charge in [-0.1, -0.05) is 0 Å². The van der Waals surface area contributed by atoms with E-state index in [-0.39, 0.29) is 25.7 Å². The Balaban J connectivity index is 2.14. The number of hydrogen-bond acceptors (Lipinski definition) is 2. The molecule has 0 heterocycles. The zero-order chi connectivity index (χ0) is 12.9. The van der Waals surface area contributed by atoms with Crippen LogP contribution < -0.4 is 0 Å². The summed E-state index contributed by atoms with van der Waals surface area (Å²) in [4.78, 5) is 0. The normalized spacial score (nSPS) is 28.3. The summed E-state index contributed by atoms with van der Waals surface area (Å²) in [5.74, 6) is -2.69. The summed E-state index contributed by atoms with van der Waals surface area (Å²) < 4.78 is 59.1. The second kappa shape index (κ2) is 3.86. The van der Waals surface area contributed by atoms with Crippen LogP contribution in [0.1, 0.15) is 45.4 Å². The van der Waals surface area contributed by atoms with E-state index in [0.717, 1.165) is 4.31 Å². The standard InChI is InChI=1S/C10H17F2NO3S/c1-9(6-7-9)13(17(14,15)16)8-2-4-10(11,12)5-3-8/h8H,2-7H2,1H3,(H,14,15,16). The van der Waals surface area contributed by atoms with Gasteiger partial charge >= 0.3 is 10.3 Å². The van der Waals surface area contributed by atoms with Crippen molar-refractivity contribution >= 4 is 10.3 Å². The van der Waals surface area contributed by atoms with Crippen molar-refractivity contribution in [2.75, 3.05) is 0 Å². The predicted octanol–water partition coefficient (Wildman–Crippen LogP) is 2.22. The minimum Gasteiger partial charge on any atom is -0.273 e. The number of hydrogen-bond donors (Lipinski definition) is 1. The van der Waals surface area contributed by atoms with E-state index in [4.69, 9.17) is 0 Å². The monoisotopic (exact) mass is 269 g/mol. The van der Waals surface area contributed by atoms with Gasteiger partial charge in [0.2, 0.25) is 5.92 Å². The fourth-order valence-electron chi connectivity index (χ4n) is 2.57. The maximum absolute atomic E-state index is 13.0. The largest absolute Gasteiger partial charge is 0.336 e. The van der Waals surface area contributed by atoms with Gasteiger partial charge in [0.25, 0.3) is 0 Å². The van der Waals surface area contributed by atoms with Crippen LogP contribution in [0.5, 0.6) is 0 Å². The quantitative estimate of drug-likeness (QED) is 0.799. The summed E-state index contributed by atoms with van der Waals surface area (Å²) in [5.41, 5.74) is -0.565. The molecule has 7 heteroatoms. The first-order valence-corrected chi connectivity index (χ1v) is 7.19. The number of nitrogens with zero attached hydrogens (tertiary/aromatic N) is 1. The van der Waals surface area contributed by atoms with Gasteiger partial charge in [-0.05, 0) is 32.6 Å². The van der Waals surface area contributed by atoms with Gasteiger partial charge in [0.15, 0.2) is 0 Å². The Hall–Kier alpha value is -0.270. The molecule has 4 nitrogen and oxygen atoms in total. The molecule has 0 saturated heterocycles. The molecule has 2 aliphatic rings. The van der Waals surface area contributed by atoms with Gasteiger partial charge in [-0.2, -0.15) is 12.7 Å². The van der Waals surface area contributed by atoms with Crippen LogP contribution in [0.2, 0.25) is 0 Å². The summed E-state index contributed by atoms with van der Waals surface area (Å²) in [5, 5.41) is 0. The maximum Gasteiger partial charge on any atom is 0.336 e. The van der Waals surface area contributed by atoms with Crippen molar-refractivity contribution in [3.63, 3.8) is 0 Å². The highest BCUT2D eigenvalue weighted by Gasteiger charge is 2.53. The van der Waals surface area contributed by atoms with Crippen molar-refractivity contribution in [2.24, 2.45) is 0 Å². The second-order valence-corrected chi connectivity index (χ2v) is 6.65. The topological polar surface area (TPSA) is 57.6 Å². The molecule has 17 heavy (non-hydrogen) atoms. The first-order valence-electron chi connectivity index (χ1n) is 5.79. The average Bonchev–Trinajstić information content (AvgIpc) is 2.86. The molecule has 0 aliphatic heterocycles. The van der Waals surface area contributed by atoms with E-state index >= 15 is 0 Å². The molecule has 0 amide bonds. The van der Waals surface area contributed by atoms with Crippen LogP contribution >= 0.6 is 0 Å². The Morgan fingerprint density at radius 2 is 1.65 bits per heavy atom. The number of halogens is 2. The number of rotatable bonds is 3. The molecule has 100 valence electrons. The Bertz CT molecular complexity index is 396. The Morgan fingerprint density at radius 3 is 2.00 bits per heavy atom. The van der Waals surface area contributed by atoms with E-state index in [1.54, 1.807) is 6.92 Å². The first-order chi connectivity index (χ1) is 7.64. The van der Waals surface area contributed by atoms with Crippen molar-refractivity contribution in [2.45, 2.75) is 63.0 Å². The van der Waals surface area contributed by atoms with Crippen LogP contribution in [0.25, 0.3) is 0 Å². The van der Waals surface area contributed by atoms with Crippen LogP contribution in [-0.2, 0) is 10.3 Å². The molecule has 0 radical (unpaired) electrons. The smallest absolute Gasteiger partial charge is 0.273 e. The average molecular weight is 269 g/mol. The van der Waals surface area contributed by atoms with Gasteiger partial charge in [-0.15, -0.1) is 0 Å². The second-order valence-electron chi connectivity index (χ2n) is 5.36. The summed E-state index contributed by atoms with van der Waals surface area (Å²) in [6, 6.07) is -0.489. The SMILES string of the molecule is CC1(N(C2CCC(F)(F)CC2)S(=O)(=O)O)CC1. The third-order valence-corrected chi connectivity index (χ3v) is 5.01. The molecular formula is C10H17F2NO3S. The molecule has 0 aromatic heterocycles. The van der Waals surface area contributed by atoms with E-state index in [2.05, 4.69) is 0 Å². The van der Waals surface area contributed by atoms with Crippen LogP contribution in [0.4, 0.5) is 8.78 Å². The highest BCUT2D eigenvalue weighted by atomic mass is 32.2. The molecule has 2 saturated carbocycles. The van der Waals surface area contributed by atoms with Gasteiger partial charge in [-0.3, -0.25) is 4.55 Å². The third kappa shape index (κ3) is 2.77. The minimum absolute atomic E-state index is 0.113.